The molecule has 0 aromatic heterocycles. The van der Waals surface area contributed by atoms with Gasteiger partial charge < -0.3 is 14.7 Å². The summed E-state index contributed by atoms with van der Waals surface area (Å²) in [6.45, 7) is 0.692. The average molecular weight is 280 g/mol. The van der Waals surface area contributed by atoms with Crippen LogP contribution < -0.4 is 4.74 Å². The molecule has 6 heteroatoms. The Morgan fingerprint density at radius 2 is 2.30 bits per heavy atom. The van der Waals surface area contributed by atoms with E-state index in [4.69, 9.17) is 4.74 Å². The first-order valence-electron chi connectivity index (χ1n) is 6.82. The molecule has 20 heavy (non-hydrogen) atoms. The third-order valence-electron chi connectivity index (χ3n) is 3.67. The van der Waals surface area contributed by atoms with E-state index in [2.05, 4.69) is 4.90 Å². The lowest BCUT2D eigenvalue weighted by molar-refractivity contribution is -0.384. The third kappa shape index (κ3) is 3.91. The number of rotatable bonds is 7. The maximum Gasteiger partial charge on any atom is 0.273 e. The topological polar surface area (TPSA) is 75.8 Å². The third-order valence-corrected chi connectivity index (χ3v) is 3.67. The van der Waals surface area contributed by atoms with Crippen molar-refractivity contribution in [3.05, 3.63) is 34.4 Å². The number of aliphatic hydroxyl groups is 1. The fourth-order valence-electron chi connectivity index (χ4n) is 2.24. The van der Waals surface area contributed by atoms with Gasteiger partial charge in [0.25, 0.3) is 5.69 Å². The van der Waals surface area contributed by atoms with Crippen LogP contribution in [0.25, 0.3) is 0 Å². The number of hydrogen-bond donors (Lipinski definition) is 1. The van der Waals surface area contributed by atoms with Crippen molar-refractivity contribution < 1.29 is 14.8 Å². The Labute approximate surface area is 118 Å². The summed E-state index contributed by atoms with van der Waals surface area (Å²) < 4.78 is 5.41. The zero-order valence-electron chi connectivity index (χ0n) is 11.6. The van der Waals surface area contributed by atoms with Gasteiger partial charge in [-0.3, -0.25) is 10.1 Å². The summed E-state index contributed by atoms with van der Waals surface area (Å²) in [7, 11) is 2.00. The number of nitro groups is 1. The second-order valence-electron chi connectivity index (χ2n) is 5.24. The highest BCUT2D eigenvalue weighted by Crippen LogP contribution is 2.23. The Balaban J connectivity index is 1.78. The smallest absolute Gasteiger partial charge is 0.273 e. The summed E-state index contributed by atoms with van der Waals surface area (Å²) >= 11 is 0. The van der Waals surface area contributed by atoms with Gasteiger partial charge in [0.1, 0.15) is 18.5 Å². The van der Waals surface area contributed by atoms with Crippen molar-refractivity contribution in [1.82, 2.24) is 4.90 Å². The predicted octanol–water partition coefficient (Wildman–Crippen LogP) is 1.82. The average Bonchev–Trinajstić information content (AvgIpc) is 2.34. The molecule has 1 aliphatic rings. The Morgan fingerprint density at radius 3 is 2.90 bits per heavy atom. The summed E-state index contributed by atoms with van der Waals surface area (Å²) in [4.78, 5) is 12.3. The van der Waals surface area contributed by atoms with E-state index in [1.807, 2.05) is 7.05 Å². The van der Waals surface area contributed by atoms with Crippen LogP contribution >= 0.6 is 0 Å². The zero-order valence-corrected chi connectivity index (χ0v) is 11.6. The SMILES string of the molecule is CN(CC(O)COc1cccc([N+](=O)[O-])c1)C1CCC1. The van der Waals surface area contributed by atoms with Gasteiger partial charge in [-0.1, -0.05) is 12.5 Å². The first-order chi connectivity index (χ1) is 9.56. The molecule has 1 N–H and O–H groups in total. The van der Waals surface area contributed by atoms with Gasteiger partial charge in [0, 0.05) is 18.7 Å². The minimum Gasteiger partial charge on any atom is -0.491 e. The molecule has 1 saturated carbocycles. The second kappa shape index (κ2) is 6.67. The number of ether oxygens (including phenoxy) is 1. The van der Waals surface area contributed by atoms with Gasteiger partial charge in [0.2, 0.25) is 0 Å². The largest absolute Gasteiger partial charge is 0.491 e. The highest BCUT2D eigenvalue weighted by molar-refractivity contribution is 5.37. The van der Waals surface area contributed by atoms with E-state index in [1.165, 1.54) is 31.4 Å². The Kier molecular flexibility index (Phi) is 4.92. The van der Waals surface area contributed by atoms with E-state index in [0.29, 0.717) is 18.3 Å². The van der Waals surface area contributed by atoms with Crippen molar-refractivity contribution in [1.29, 1.82) is 0 Å². The number of benzene rings is 1. The molecule has 1 aromatic rings. The minimum atomic E-state index is -0.597. The number of nitrogens with zero attached hydrogens (tertiary/aromatic N) is 2. The van der Waals surface area contributed by atoms with Crippen LogP contribution in [0.5, 0.6) is 5.75 Å². The van der Waals surface area contributed by atoms with Gasteiger partial charge in [0.15, 0.2) is 0 Å². The fraction of sp³-hybridized carbons (Fsp3) is 0.571. The van der Waals surface area contributed by atoms with Gasteiger partial charge >= 0.3 is 0 Å². The molecular formula is C14H20N2O4. The van der Waals surface area contributed by atoms with Crippen LogP contribution in [0.15, 0.2) is 24.3 Å². The van der Waals surface area contributed by atoms with Crippen LogP contribution in [0.4, 0.5) is 5.69 Å². The van der Waals surface area contributed by atoms with Crippen LogP contribution in [0.1, 0.15) is 19.3 Å². The Bertz CT molecular complexity index is 462. The number of hydrogen-bond acceptors (Lipinski definition) is 5. The number of nitro benzene ring substituents is 1. The molecule has 110 valence electrons. The first kappa shape index (κ1) is 14.7. The maximum atomic E-state index is 10.6. The predicted molar refractivity (Wildman–Crippen MR) is 74.9 cm³/mol. The summed E-state index contributed by atoms with van der Waals surface area (Å²) in [5.41, 5.74) is -0.0106. The van der Waals surface area contributed by atoms with Gasteiger partial charge in [-0.2, -0.15) is 0 Å². The summed E-state index contributed by atoms with van der Waals surface area (Å²) in [6.07, 6.45) is 3.04. The van der Waals surface area contributed by atoms with Crippen molar-refractivity contribution in [2.75, 3.05) is 20.2 Å². The molecule has 0 amide bonds. The monoisotopic (exact) mass is 280 g/mol. The van der Waals surface area contributed by atoms with Crippen molar-refractivity contribution in [3.63, 3.8) is 0 Å². The van der Waals surface area contributed by atoms with Crippen molar-refractivity contribution in [2.45, 2.75) is 31.4 Å². The molecule has 0 saturated heterocycles. The van der Waals surface area contributed by atoms with Crippen LogP contribution in [-0.2, 0) is 0 Å². The maximum absolute atomic E-state index is 10.6. The fourth-order valence-corrected chi connectivity index (χ4v) is 2.24. The van der Waals surface area contributed by atoms with Gasteiger partial charge in [-0.05, 0) is 26.0 Å². The molecule has 1 unspecified atom stereocenters. The molecule has 2 rings (SSSR count). The van der Waals surface area contributed by atoms with E-state index in [1.54, 1.807) is 12.1 Å². The van der Waals surface area contributed by atoms with Crippen molar-refractivity contribution in [3.8, 4) is 5.75 Å². The quantitative estimate of drug-likeness (QED) is 0.609. The molecule has 0 aliphatic heterocycles. The molecular weight excluding hydrogens is 260 g/mol. The Morgan fingerprint density at radius 1 is 1.55 bits per heavy atom. The molecule has 0 radical (unpaired) electrons. The van der Waals surface area contributed by atoms with Crippen LogP contribution in [-0.4, -0.2) is 47.3 Å². The van der Waals surface area contributed by atoms with E-state index < -0.39 is 11.0 Å². The number of non-ortho nitro benzene ring substituents is 1. The molecule has 1 aliphatic carbocycles. The molecule has 0 heterocycles. The van der Waals surface area contributed by atoms with E-state index >= 15 is 0 Å². The summed E-state index contributed by atoms with van der Waals surface area (Å²) in [5, 5.41) is 20.6. The second-order valence-corrected chi connectivity index (χ2v) is 5.24. The highest BCUT2D eigenvalue weighted by atomic mass is 16.6. The minimum absolute atomic E-state index is 0.0106. The number of likely N-dealkylation sites (N-methyl/N-ethyl adjacent to an activating group) is 1. The van der Waals surface area contributed by atoms with Gasteiger partial charge in [-0.15, -0.1) is 0 Å². The van der Waals surface area contributed by atoms with E-state index in [-0.39, 0.29) is 12.3 Å². The lowest BCUT2D eigenvalue weighted by atomic mass is 9.92. The van der Waals surface area contributed by atoms with Crippen molar-refractivity contribution in [2.24, 2.45) is 0 Å². The molecule has 6 nitrogen and oxygen atoms in total. The van der Waals surface area contributed by atoms with Crippen LogP contribution in [0, 0.1) is 10.1 Å². The highest BCUT2D eigenvalue weighted by Gasteiger charge is 2.23. The first-order valence-corrected chi connectivity index (χ1v) is 6.82. The summed E-state index contributed by atoms with van der Waals surface area (Å²) in [5.74, 6) is 0.407. The number of aliphatic hydroxyl groups excluding tert-OH is 1. The molecule has 1 fully saturated rings. The Hall–Kier alpha value is -1.66. The van der Waals surface area contributed by atoms with Gasteiger partial charge in [-0.25, -0.2) is 0 Å². The standard InChI is InChI=1S/C14H20N2O4/c1-15(11-4-2-5-11)9-13(17)10-20-14-7-3-6-12(8-14)16(18)19/h3,6-8,11,13,17H,2,4-5,9-10H2,1H3. The van der Waals surface area contributed by atoms with Crippen molar-refractivity contribution >= 4 is 5.69 Å². The van der Waals surface area contributed by atoms with Crippen LogP contribution in [0.3, 0.4) is 0 Å². The normalized spacial score (nSPS) is 16.8. The molecule has 0 spiro atoms. The lowest BCUT2D eigenvalue weighted by Gasteiger charge is -2.35. The zero-order chi connectivity index (χ0) is 14.5. The van der Waals surface area contributed by atoms with Gasteiger partial charge in [0.05, 0.1) is 11.0 Å². The molecule has 1 atom stereocenters. The van der Waals surface area contributed by atoms with Crippen LogP contribution in [0.2, 0.25) is 0 Å². The summed E-state index contributed by atoms with van der Waals surface area (Å²) in [6, 6.07) is 6.56. The molecule has 0 bridgehead atoms. The lowest BCUT2D eigenvalue weighted by Crippen LogP contribution is -2.42. The molecule has 1 aromatic carbocycles. The van der Waals surface area contributed by atoms with E-state index in [0.717, 1.165) is 0 Å². The van der Waals surface area contributed by atoms with E-state index in [9.17, 15) is 15.2 Å².